The van der Waals surface area contributed by atoms with Crippen molar-refractivity contribution in [3.63, 3.8) is 0 Å². The molecule has 1 fully saturated rings. The molecule has 0 bridgehead atoms. The maximum Gasteiger partial charge on any atom is 0.126 e. The first-order valence-electron chi connectivity index (χ1n) is 5.82. The van der Waals surface area contributed by atoms with Gasteiger partial charge in [-0.1, -0.05) is 19.8 Å². The van der Waals surface area contributed by atoms with Crippen LogP contribution >= 0.6 is 0 Å². The van der Waals surface area contributed by atoms with Crippen molar-refractivity contribution in [2.24, 2.45) is 12.5 Å². The van der Waals surface area contributed by atoms with Crippen LogP contribution in [0.5, 0.6) is 0 Å². The normalized spacial score (nSPS) is 21.8. The molecule has 1 aliphatic rings. The van der Waals surface area contributed by atoms with Crippen LogP contribution in [0.25, 0.3) is 0 Å². The zero-order chi connectivity index (χ0) is 10.9. The van der Waals surface area contributed by atoms with Crippen molar-refractivity contribution in [2.45, 2.75) is 38.6 Å². The molecule has 1 aliphatic carbocycles. The van der Waals surface area contributed by atoms with E-state index in [9.17, 15) is 0 Å². The monoisotopic (exact) mass is 207 g/mol. The third-order valence-electron chi connectivity index (χ3n) is 3.85. The molecule has 0 aromatic carbocycles. The fraction of sp³-hybridized carbons (Fsp3) is 0.750. The zero-order valence-electron chi connectivity index (χ0n) is 9.95. The van der Waals surface area contributed by atoms with Gasteiger partial charge in [-0.05, 0) is 25.3 Å². The Bertz CT molecular complexity index is 323. The summed E-state index contributed by atoms with van der Waals surface area (Å²) >= 11 is 0. The van der Waals surface area contributed by atoms with Crippen molar-refractivity contribution in [2.75, 3.05) is 7.05 Å². The largest absolute Gasteiger partial charge is 0.337 e. The second-order valence-corrected chi connectivity index (χ2v) is 4.98. The van der Waals surface area contributed by atoms with Gasteiger partial charge in [-0.2, -0.15) is 0 Å². The summed E-state index contributed by atoms with van der Waals surface area (Å²) in [6.07, 6.45) is 9.25. The molecule has 84 valence electrons. The Morgan fingerprint density at radius 2 is 2.13 bits per heavy atom. The first-order valence-corrected chi connectivity index (χ1v) is 5.82. The fourth-order valence-electron chi connectivity index (χ4n) is 2.92. The van der Waals surface area contributed by atoms with Crippen LogP contribution in [0, 0.1) is 5.41 Å². The van der Waals surface area contributed by atoms with E-state index in [1.165, 1.54) is 31.5 Å². The standard InChI is InChI=1S/C12H21N3/c1-12(6-4-5-7-12)10(13-2)11-14-8-9-15(11)3/h8-10,13H,4-7H2,1-3H3. The van der Waals surface area contributed by atoms with Gasteiger partial charge < -0.3 is 9.88 Å². The molecule has 0 aliphatic heterocycles. The molecule has 0 spiro atoms. The minimum Gasteiger partial charge on any atom is -0.337 e. The van der Waals surface area contributed by atoms with E-state index in [1.54, 1.807) is 0 Å². The van der Waals surface area contributed by atoms with Crippen molar-refractivity contribution in [3.05, 3.63) is 18.2 Å². The molecule has 0 saturated heterocycles. The number of rotatable bonds is 3. The summed E-state index contributed by atoms with van der Waals surface area (Å²) in [6, 6.07) is 0.389. The third-order valence-corrected chi connectivity index (χ3v) is 3.85. The second kappa shape index (κ2) is 3.97. The maximum atomic E-state index is 4.48. The Balaban J connectivity index is 2.27. The highest BCUT2D eigenvalue weighted by Gasteiger charge is 2.38. The highest BCUT2D eigenvalue weighted by Crippen LogP contribution is 2.46. The van der Waals surface area contributed by atoms with Crippen molar-refractivity contribution in [1.29, 1.82) is 0 Å². The summed E-state index contributed by atoms with van der Waals surface area (Å²) in [7, 11) is 4.12. The van der Waals surface area contributed by atoms with Crippen LogP contribution in [0.4, 0.5) is 0 Å². The van der Waals surface area contributed by atoms with Gasteiger partial charge in [0.2, 0.25) is 0 Å². The number of nitrogens with one attached hydrogen (secondary N) is 1. The van der Waals surface area contributed by atoms with Crippen LogP contribution in [-0.2, 0) is 7.05 Å². The van der Waals surface area contributed by atoms with Gasteiger partial charge in [0.05, 0.1) is 6.04 Å². The Hall–Kier alpha value is -0.830. The number of nitrogens with zero attached hydrogens (tertiary/aromatic N) is 2. The lowest BCUT2D eigenvalue weighted by molar-refractivity contribution is 0.221. The Kier molecular flexibility index (Phi) is 2.83. The van der Waals surface area contributed by atoms with E-state index in [0.717, 1.165) is 0 Å². The molecule has 3 heteroatoms. The van der Waals surface area contributed by atoms with E-state index in [2.05, 4.69) is 28.8 Å². The number of aryl methyl sites for hydroxylation is 1. The first kappa shape index (κ1) is 10.7. The summed E-state index contributed by atoms with van der Waals surface area (Å²) < 4.78 is 2.13. The number of hydrogen-bond donors (Lipinski definition) is 1. The number of hydrogen-bond acceptors (Lipinski definition) is 2. The summed E-state index contributed by atoms with van der Waals surface area (Å²) in [5.74, 6) is 1.17. The quantitative estimate of drug-likeness (QED) is 0.824. The average molecular weight is 207 g/mol. The van der Waals surface area contributed by atoms with Crippen LogP contribution in [0.1, 0.15) is 44.5 Å². The number of imidazole rings is 1. The van der Waals surface area contributed by atoms with Crippen molar-refractivity contribution in [1.82, 2.24) is 14.9 Å². The molecule has 1 aromatic rings. The topological polar surface area (TPSA) is 29.9 Å². The van der Waals surface area contributed by atoms with E-state index < -0.39 is 0 Å². The molecule has 1 unspecified atom stereocenters. The summed E-state index contributed by atoms with van der Waals surface area (Å²) in [5.41, 5.74) is 0.383. The van der Waals surface area contributed by atoms with Crippen molar-refractivity contribution < 1.29 is 0 Å². The van der Waals surface area contributed by atoms with Gasteiger partial charge in [0.15, 0.2) is 0 Å². The molecule has 0 amide bonds. The number of aromatic nitrogens is 2. The molecule has 1 saturated carbocycles. The predicted octanol–water partition coefficient (Wildman–Crippen LogP) is 2.26. The fourth-order valence-corrected chi connectivity index (χ4v) is 2.92. The lowest BCUT2D eigenvalue weighted by Crippen LogP contribution is -2.34. The summed E-state index contributed by atoms with van der Waals surface area (Å²) in [5, 5.41) is 3.44. The predicted molar refractivity (Wildman–Crippen MR) is 61.6 cm³/mol. The van der Waals surface area contributed by atoms with Crippen molar-refractivity contribution >= 4 is 0 Å². The molecule has 1 heterocycles. The van der Waals surface area contributed by atoms with Crippen LogP contribution < -0.4 is 5.32 Å². The maximum absolute atomic E-state index is 4.48. The summed E-state index contributed by atoms with van der Waals surface area (Å²) in [4.78, 5) is 4.48. The van der Waals surface area contributed by atoms with Gasteiger partial charge in [-0.15, -0.1) is 0 Å². The van der Waals surface area contributed by atoms with Crippen molar-refractivity contribution in [3.8, 4) is 0 Å². The molecule has 2 rings (SSSR count). The molecular weight excluding hydrogens is 186 g/mol. The Morgan fingerprint density at radius 3 is 2.60 bits per heavy atom. The Labute approximate surface area is 91.9 Å². The third kappa shape index (κ3) is 1.81. The molecular formula is C12H21N3. The first-order chi connectivity index (χ1) is 7.17. The lowest BCUT2D eigenvalue weighted by Gasteiger charge is -2.33. The zero-order valence-corrected chi connectivity index (χ0v) is 9.95. The Morgan fingerprint density at radius 1 is 1.47 bits per heavy atom. The highest BCUT2D eigenvalue weighted by atomic mass is 15.1. The molecule has 3 nitrogen and oxygen atoms in total. The SMILES string of the molecule is CNC(c1nccn1C)C1(C)CCCC1. The van der Waals surface area contributed by atoms with E-state index in [-0.39, 0.29) is 0 Å². The van der Waals surface area contributed by atoms with Gasteiger partial charge in [0.1, 0.15) is 5.82 Å². The van der Waals surface area contributed by atoms with Crippen LogP contribution in [0.15, 0.2) is 12.4 Å². The molecule has 15 heavy (non-hydrogen) atoms. The summed E-state index contributed by atoms with van der Waals surface area (Å²) in [6.45, 7) is 2.38. The minimum atomic E-state index is 0.383. The average Bonchev–Trinajstić information content (AvgIpc) is 2.79. The van der Waals surface area contributed by atoms with Gasteiger partial charge in [0.25, 0.3) is 0 Å². The molecule has 1 aromatic heterocycles. The lowest BCUT2D eigenvalue weighted by atomic mass is 9.80. The van der Waals surface area contributed by atoms with E-state index >= 15 is 0 Å². The van der Waals surface area contributed by atoms with Crippen LogP contribution in [-0.4, -0.2) is 16.6 Å². The van der Waals surface area contributed by atoms with Crippen LogP contribution in [0.3, 0.4) is 0 Å². The van der Waals surface area contributed by atoms with Gasteiger partial charge in [-0.3, -0.25) is 0 Å². The molecule has 0 radical (unpaired) electrons. The minimum absolute atomic E-state index is 0.383. The smallest absolute Gasteiger partial charge is 0.126 e. The van der Waals surface area contributed by atoms with Gasteiger partial charge in [-0.25, -0.2) is 4.98 Å². The van der Waals surface area contributed by atoms with E-state index in [0.29, 0.717) is 11.5 Å². The highest BCUT2D eigenvalue weighted by molar-refractivity contribution is 5.06. The van der Waals surface area contributed by atoms with E-state index in [1.807, 2.05) is 19.4 Å². The van der Waals surface area contributed by atoms with Crippen LogP contribution in [0.2, 0.25) is 0 Å². The van der Waals surface area contributed by atoms with Gasteiger partial charge >= 0.3 is 0 Å². The molecule has 1 N–H and O–H groups in total. The van der Waals surface area contributed by atoms with E-state index in [4.69, 9.17) is 0 Å². The van der Waals surface area contributed by atoms with Gasteiger partial charge in [0, 0.05) is 19.4 Å². The second-order valence-electron chi connectivity index (χ2n) is 4.98. The molecule has 1 atom stereocenters.